The van der Waals surface area contributed by atoms with Crippen molar-refractivity contribution >= 4 is 17.5 Å². The lowest BCUT2D eigenvalue weighted by Gasteiger charge is -2.15. The van der Waals surface area contributed by atoms with Crippen LogP contribution >= 0.6 is 11.6 Å². The first-order chi connectivity index (χ1) is 9.59. The van der Waals surface area contributed by atoms with E-state index >= 15 is 0 Å². The molecular formula is C15H14ClNO3. The van der Waals surface area contributed by atoms with E-state index in [0.29, 0.717) is 16.3 Å². The van der Waals surface area contributed by atoms with E-state index in [2.05, 4.69) is 0 Å². The standard InChI is InChI=1S/C15H14ClNO3/c16-12-7-3-1-5-10(12)13(18)9-20-14-8-4-2-6-11(14)15(17)19/h1-8,13,18H,9H2,(H2,17,19). The fraction of sp³-hybridized carbons (Fsp3) is 0.133. The topological polar surface area (TPSA) is 72.6 Å². The largest absolute Gasteiger partial charge is 0.490 e. The van der Waals surface area contributed by atoms with Crippen LogP contribution in [0.5, 0.6) is 5.75 Å². The molecule has 2 rings (SSSR count). The number of aliphatic hydroxyl groups is 1. The van der Waals surface area contributed by atoms with Gasteiger partial charge in [-0.15, -0.1) is 0 Å². The molecule has 4 nitrogen and oxygen atoms in total. The number of para-hydroxylation sites is 1. The van der Waals surface area contributed by atoms with Gasteiger partial charge < -0.3 is 15.6 Å². The Hall–Kier alpha value is -2.04. The van der Waals surface area contributed by atoms with Gasteiger partial charge in [-0.05, 0) is 18.2 Å². The highest BCUT2D eigenvalue weighted by Gasteiger charge is 2.14. The Labute approximate surface area is 121 Å². The lowest BCUT2D eigenvalue weighted by atomic mass is 10.1. The fourth-order valence-corrected chi connectivity index (χ4v) is 2.06. The molecule has 104 valence electrons. The number of hydrogen-bond donors (Lipinski definition) is 2. The molecule has 1 unspecified atom stereocenters. The lowest BCUT2D eigenvalue weighted by Crippen LogP contribution is -2.15. The van der Waals surface area contributed by atoms with Crippen LogP contribution in [0.15, 0.2) is 48.5 Å². The maximum absolute atomic E-state index is 11.2. The number of amides is 1. The van der Waals surface area contributed by atoms with Crippen LogP contribution in [0.4, 0.5) is 0 Å². The van der Waals surface area contributed by atoms with Gasteiger partial charge in [0.2, 0.25) is 0 Å². The monoisotopic (exact) mass is 291 g/mol. The minimum atomic E-state index is -0.885. The third-order valence-corrected chi connectivity index (χ3v) is 3.16. The van der Waals surface area contributed by atoms with Crippen LogP contribution < -0.4 is 10.5 Å². The summed E-state index contributed by atoms with van der Waals surface area (Å²) in [5.41, 5.74) is 6.11. The first kappa shape index (κ1) is 14.4. The van der Waals surface area contributed by atoms with Gasteiger partial charge in [-0.2, -0.15) is 0 Å². The minimum Gasteiger partial charge on any atom is -0.490 e. The summed E-state index contributed by atoms with van der Waals surface area (Å²) in [6, 6.07) is 13.6. The zero-order valence-electron chi connectivity index (χ0n) is 10.6. The van der Waals surface area contributed by atoms with Crippen molar-refractivity contribution < 1.29 is 14.6 Å². The summed E-state index contributed by atoms with van der Waals surface area (Å²) in [5.74, 6) is -0.237. The number of rotatable bonds is 5. The van der Waals surface area contributed by atoms with Gasteiger partial charge in [-0.25, -0.2) is 0 Å². The zero-order valence-corrected chi connectivity index (χ0v) is 11.4. The molecule has 20 heavy (non-hydrogen) atoms. The molecule has 2 aromatic carbocycles. The maximum Gasteiger partial charge on any atom is 0.252 e. The van der Waals surface area contributed by atoms with E-state index < -0.39 is 12.0 Å². The summed E-state index contributed by atoms with van der Waals surface area (Å²) in [5, 5.41) is 10.5. The van der Waals surface area contributed by atoms with E-state index in [9.17, 15) is 9.90 Å². The first-order valence-corrected chi connectivity index (χ1v) is 6.41. The summed E-state index contributed by atoms with van der Waals surface area (Å²) in [6.45, 7) is -0.0198. The third kappa shape index (κ3) is 3.29. The molecule has 0 fully saturated rings. The highest BCUT2D eigenvalue weighted by molar-refractivity contribution is 6.31. The van der Waals surface area contributed by atoms with E-state index in [0.717, 1.165) is 0 Å². The zero-order chi connectivity index (χ0) is 14.5. The number of carbonyl (C=O) groups is 1. The van der Waals surface area contributed by atoms with Crippen LogP contribution in [0.1, 0.15) is 22.0 Å². The molecular weight excluding hydrogens is 278 g/mol. The van der Waals surface area contributed by atoms with Crippen LogP contribution in [-0.4, -0.2) is 17.6 Å². The molecule has 0 saturated carbocycles. The lowest BCUT2D eigenvalue weighted by molar-refractivity contribution is 0.0967. The highest BCUT2D eigenvalue weighted by atomic mass is 35.5. The van der Waals surface area contributed by atoms with Gasteiger partial charge in [-0.3, -0.25) is 4.79 Å². The number of ether oxygens (including phenoxy) is 1. The molecule has 0 heterocycles. The molecule has 1 amide bonds. The van der Waals surface area contributed by atoms with Crippen molar-refractivity contribution in [2.24, 2.45) is 5.73 Å². The summed E-state index contributed by atoms with van der Waals surface area (Å²) in [7, 11) is 0. The van der Waals surface area contributed by atoms with E-state index in [-0.39, 0.29) is 12.2 Å². The first-order valence-electron chi connectivity index (χ1n) is 6.03. The second kappa shape index (κ2) is 6.41. The van der Waals surface area contributed by atoms with Gasteiger partial charge in [0.1, 0.15) is 18.5 Å². The number of aliphatic hydroxyl groups excluding tert-OH is 1. The summed E-state index contributed by atoms with van der Waals surface area (Å²) >= 11 is 5.99. The fourth-order valence-electron chi connectivity index (χ4n) is 1.80. The molecule has 0 aliphatic rings. The molecule has 0 aromatic heterocycles. The van der Waals surface area contributed by atoms with Crippen LogP contribution in [0.25, 0.3) is 0 Å². The molecule has 0 radical (unpaired) electrons. The Morgan fingerprint density at radius 3 is 2.55 bits per heavy atom. The van der Waals surface area contributed by atoms with E-state index in [1.807, 2.05) is 0 Å². The van der Waals surface area contributed by atoms with Gasteiger partial charge in [0.15, 0.2) is 0 Å². The Morgan fingerprint density at radius 2 is 1.85 bits per heavy atom. The number of nitrogens with two attached hydrogens (primary N) is 1. The van der Waals surface area contributed by atoms with Crippen LogP contribution in [0.2, 0.25) is 5.02 Å². The smallest absolute Gasteiger partial charge is 0.252 e. The molecule has 5 heteroatoms. The SMILES string of the molecule is NC(=O)c1ccccc1OCC(O)c1ccccc1Cl. The van der Waals surface area contributed by atoms with Gasteiger partial charge in [-0.1, -0.05) is 41.9 Å². The Bertz CT molecular complexity index is 616. The normalized spacial score (nSPS) is 11.9. The number of primary amides is 1. The van der Waals surface area contributed by atoms with Gasteiger partial charge in [0, 0.05) is 10.6 Å². The van der Waals surface area contributed by atoms with Crippen molar-refractivity contribution in [3.63, 3.8) is 0 Å². The van der Waals surface area contributed by atoms with Gasteiger partial charge in [0.05, 0.1) is 5.56 Å². The van der Waals surface area contributed by atoms with Crippen molar-refractivity contribution in [1.82, 2.24) is 0 Å². The van der Waals surface area contributed by atoms with Crippen molar-refractivity contribution in [1.29, 1.82) is 0 Å². The van der Waals surface area contributed by atoms with Crippen LogP contribution in [0.3, 0.4) is 0 Å². The van der Waals surface area contributed by atoms with Crippen LogP contribution in [-0.2, 0) is 0 Å². The molecule has 0 spiro atoms. The van der Waals surface area contributed by atoms with E-state index in [4.69, 9.17) is 22.1 Å². The molecule has 1 atom stereocenters. The molecule has 0 saturated heterocycles. The molecule has 2 aromatic rings. The Balaban J connectivity index is 2.10. The summed E-state index contributed by atoms with van der Waals surface area (Å²) < 4.78 is 5.46. The molecule has 3 N–H and O–H groups in total. The average Bonchev–Trinajstić information content (AvgIpc) is 2.45. The van der Waals surface area contributed by atoms with Crippen molar-refractivity contribution in [2.45, 2.75) is 6.10 Å². The number of carbonyl (C=O) groups excluding carboxylic acids is 1. The van der Waals surface area contributed by atoms with Crippen LogP contribution in [0, 0.1) is 0 Å². The Morgan fingerprint density at radius 1 is 1.20 bits per heavy atom. The van der Waals surface area contributed by atoms with Crippen molar-refractivity contribution in [2.75, 3.05) is 6.61 Å². The Kier molecular flexibility index (Phi) is 4.61. The second-order valence-corrected chi connectivity index (χ2v) is 4.62. The number of benzene rings is 2. The highest BCUT2D eigenvalue weighted by Crippen LogP contribution is 2.24. The summed E-state index contributed by atoms with van der Waals surface area (Å²) in [6.07, 6.45) is -0.885. The third-order valence-electron chi connectivity index (χ3n) is 2.81. The van der Waals surface area contributed by atoms with Crippen molar-refractivity contribution in [3.8, 4) is 5.75 Å². The number of halogens is 1. The maximum atomic E-state index is 11.2. The summed E-state index contributed by atoms with van der Waals surface area (Å²) in [4.78, 5) is 11.2. The predicted octanol–water partition coefficient (Wildman–Crippen LogP) is 2.55. The minimum absolute atomic E-state index is 0.0198. The average molecular weight is 292 g/mol. The van der Waals surface area contributed by atoms with Crippen molar-refractivity contribution in [3.05, 3.63) is 64.7 Å². The second-order valence-electron chi connectivity index (χ2n) is 4.21. The molecule has 0 aliphatic carbocycles. The van der Waals surface area contributed by atoms with E-state index in [1.165, 1.54) is 0 Å². The van der Waals surface area contributed by atoms with Gasteiger partial charge >= 0.3 is 0 Å². The molecule has 0 aliphatic heterocycles. The predicted molar refractivity (Wildman–Crippen MR) is 76.9 cm³/mol. The number of hydrogen-bond acceptors (Lipinski definition) is 3. The van der Waals surface area contributed by atoms with E-state index in [1.54, 1.807) is 48.5 Å². The quantitative estimate of drug-likeness (QED) is 0.889. The molecule has 0 bridgehead atoms. The van der Waals surface area contributed by atoms with Gasteiger partial charge in [0.25, 0.3) is 5.91 Å².